The highest BCUT2D eigenvalue weighted by Crippen LogP contribution is 2.24. The molecule has 1 N–H and O–H groups in total. The van der Waals surface area contributed by atoms with E-state index in [1.54, 1.807) is 40.8 Å². The maximum atomic E-state index is 12.6. The Bertz CT molecular complexity index is 916. The van der Waals surface area contributed by atoms with Crippen LogP contribution >= 0.6 is 11.6 Å². The molecule has 1 aromatic carbocycles. The molecule has 0 aliphatic carbocycles. The first-order chi connectivity index (χ1) is 11.9. The molecule has 0 spiro atoms. The summed E-state index contributed by atoms with van der Waals surface area (Å²) in [6, 6.07) is 5.91. The van der Waals surface area contributed by atoms with Gasteiger partial charge in [0.2, 0.25) is 10.0 Å². The number of aryl methyl sites for hydroxylation is 1. The molecule has 0 bridgehead atoms. The highest BCUT2D eigenvalue weighted by Gasteiger charge is 2.26. The van der Waals surface area contributed by atoms with E-state index in [1.165, 1.54) is 23.1 Å². The number of hydrogen-bond acceptors (Lipinski definition) is 5. The van der Waals surface area contributed by atoms with E-state index in [9.17, 15) is 13.2 Å². The summed E-state index contributed by atoms with van der Waals surface area (Å²) in [5, 5.41) is 3.90. The number of aromatic nitrogens is 1. The second kappa shape index (κ2) is 7.38. The van der Waals surface area contributed by atoms with E-state index in [-0.39, 0.29) is 27.9 Å². The zero-order chi connectivity index (χ0) is 19.7. The maximum absolute atomic E-state index is 12.6. The minimum absolute atomic E-state index is 0.0491. The Morgan fingerprint density at radius 3 is 2.50 bits per heavy atom. The summed E-state index contributed by atoms with van der Waals surface area (Å²) < 4.78 is 32.6. The van der Waals surface area contributed by atoms with Gasteiger partial charge in [-0.3, -0.25) is 4.79 Å². The van der Waals surface area contributed by atoms with Crippen LogP contribution in [0.25, 0.3) is 0 Å². The molecular weight excluding hydrogens is 378 g/mol. The summed E-state index contributed by atoms with van der Waals surface area (Å²) in [6.07, 6.45) is 0. The van der Waals surface area contributed by atoms with Gasteiger partial charge in [-0.15, -0.1) is 0 Å². The van der Waals surface area contributed by atoms with Crippen LogP contribution in [0, 0.1) is 6.92 Å². The monoisotopic (exact) mass is 399 g/mol. The number of carbonyl (C=O) groups is 1. The predicted molar refractivity (Wildman–Crippen MR) is 98.6 cm³/mol. The first-order valence-corrected chi connectivity index (χ1v) is 9.76. The van der Waals surface area contributed by atoms with E-state index >= 15 is 0 Å². The molecule has 0 fully saturated rings. The lowest BCUT2D eigenvalue weighted by Crippen LogP contribution is -2.40. The molecular formula is C17H22ClN3O4S. The highest BCUT2D eigenvalue weighted by atomic mass is 35.5. The molecule has 1 amide bonds. The van der Waals surface area contributed by atoms with Crippen molar-refractivity contribution in [1.29, 1.82) is 0 Å². The van der Waals surface area contributed by atoms with Gasteiger partial charge >= 0.3 is 0 Å². The van der Waals surface area contributed by atoms with Gasteiger partial charge in [-0.05, 0) is 45.9 Å². The number of nitrogens with zero attached hydrogens (tertiary/aromatic N) is 2. The minimum atomic E-state index is -3.87. The van der Waals surface area contributed by atoms with Crippen LogP contribution in [0.4, 0.5) is 0 Å². The van der Waals surface area contributed by atoms with Crippen molar-refractivity contribution in [3.8, 4) is 0 Å². The largest absolute Gasteiger partial charge is 0.361 e. The SMILES string of the molecule is Cc1cc(CN(C)C(=O)c2ccc(Cl)c(S(=O)(=O)NC(C)(C)C)c2)no1. The molecule has 142 valence electrons. The van der Waals surface area contributed by atoms with Crippen molar-refractivity contribution in [2.45, 2.75) is 44.7 Å². The summed E-state index contributed by atoms with van der Waals surface area (Å²) in [6.45, 7) is 7.17. The normalized spacial score (nSPS) is 12.2. The van der Waals surface area contributed by atoms with Crippen LogP contribution in [-0.4, -0.2) is 37.0 Å². The Labute approximate surface area is 158 Å². The fourth-order valence-electron chi connectivity index (χ4n) is 2.33. The molecule has 1 aromatic heterocycles. The molecule has 9 heteroatoms. The van der Waals surface area contributed by atoms with E-state index in [0.717, 1.165) is 0 Å². The Morgan fingerprint density at radius 2 is 1.96 bits per heavy atom. The standard InChI is InChI=1S/C17H22ClN3O4S/c1-11-8-13(19-25-11)10-21(5)16(22)12-6-7-14(18)15(9-12)26(23,24)20-17(2,3)4/h6-9,20H,10H2,1-5H3. The molecule has 0 radical (unpaired) electrons. The number of nitrogens with one attached hydrogen (secondary N) is 1. The van der Waals surface area contributed by atoms with Crippen LogP contribution < -0.4 is 4.72 Å². The van der Waals surface area contributed by atoms with E-state index in [2.05, 4.69) is 9.88 Å². The van der Waals surface area contributed by atoms with Crippen molar-refractivity contribution in [3.63, 3.8) is 0 Å². The molecule has 0 unspecified atom stereocenters. The van der Waals surface area contributed by atoms with Gasteiger partial charge in [-0.25, -0.2) is 13.1 Å². The molecule has 0 atom stereocenters. The molecule has 1 heterocycles. The van der Waals surface area contributed by atoms with Gasteiger partial charge in [-0.2, -0.15) is 0 Å². The number of rotatable bonds is 5. The first kappa shape index (κ1) is 20.4. The summed E-state index contributed by atoms with van der Waals surface area (Å²) in [5.74, 6) is 0.295. The zero-order valence-corrected chi connectivity index (χ0v) is 16.9. The second-order valence-electron chi connectivity index (χ2n) is 7.09. The van der Waals surface area contributed by atoms with Crippen molar-refractivity contribution in [1.82, 2.24) is 14.8 Å². The summed E-state index contributed by atoms with van der Waals surface area (Å²) in [7, 11) is -2.27. The average Bonchev–Trinajstić information content (AvgIpc) is 2.89. The van der Waals surface area contributed by atoms with Crippen LogP contribution in [-0.2, 0) is 16.6 Å². The molecule has 0 saturated heterocycles. The van der Waals surface area contributed by atoms with Crippen LogP contribution in [0.2, 0.25) is 5.02 Å². The predicted octanol–water partition coefficient (Wildman–Crippen LogP) is 2.99. The molecule has 2 aromatic rings. The van der Waals surface area contributed by atoms with Gasteiger partial charge in [0.05, 0.1) is 11.6 Å². The summed E-state index contributed by atoms with van der Waals surface area (Å²) in [4.78, 5) is 13.9. The molecule has 26 heavy (non-hydrogen) atoms. The summed E-state index contributed by atoms with van der Waals surface area (Å²) >= 11 is 6.06. The Morgan fingerprint density at radius 1 is 1.31 bits per heavy atom. The Balaban J connectivity index is 2.29. The van der Waals surface area contributed by atoms with E-state index < -0.39 is 15.6 Å². The van der Waals surface area contributed by atoms with Crippen molar-refractivity contribution in [3.05, 3.63) is 46.3 Å². The van der Waals surface area contributed by atoms with Gasteiger partial charge < -0.3 is 9.42 Å². The van der Waals surface area contributed by atoms with Crippen molar-refractivity contribution in [2.75, 3.05) is 7.05 Å². The molecule has 7 nitrogen and oxygen atoms in total. The van der Waals surface area contributed by atoms with Gasteiger partial charge in [0.25, 0.3) is 5.91 Å². The third-order valence-electron chi connectivity index (χ3n) is 3.33. The van der Waals surface area contributed by atoms with Crippen LogP contribution in [0.1, 0.15) is 42.6 Å². The van der Waals surface area contributed by atoms with Crippen LogP contribution in [0.5, 0.6) is 0 Å². The molecule has 0 aliphatic heterocycles. The van der Waals surface area contributed by atoms with Crippen LogP contribution in [0.3, 0.4) is 0 Å². The lowest BCUT2D eigenvalue weighted by atomic mass is 10.1. The summed E-state index contributed by atoms with van der Waals surface area (Å²) in [5.41, 5.74) is 0.144. The van der Waals surface area contributed by atoms with E-state index in [4.69, 9.17) is 16.1 Å². The van der Waals surface area contributed by atoms with E-state index in [0.29, 0.717) is 11.5 Å². The Hall–Kier alpha value is -1.90. The number of sulfonamides is 1. The maximum Gasteiger partial charge on any atom is 0.253 e. The number of halogens is 1. The third kappa shape index (κ3) is 5.06. The van der Waals surface area contributed by atoms with Crippen molar-refractivity contribution in [2.24, 2.45) is 0 Å². The Kier molecular flexibility index (Phi) is 5.79. The average molecular weight is 400 g/mol. The smallest absolute Gasteiger partial charge is 0.253 e. The number of benzene rings is 1. The topological polar surface area (TPSA) is 92.5 Å². The van der Waals surface area contributed by atoms with Crippen molar-refractivity contribution >= 4 is 27.5 Å². The zero-order valence-electron chi connectivity index (χ0n) is 15.3. The lowest BCUT2D eigenvalue weighted by Gasteiger charge is -2.21. The molecule has 0 saturated carbocycles. The van der Waals surface area contributed by atoms with Gasteiger partial charge in [0.1, 0.15) is 16.3 Å². The second-order valence-corrected chi connectivity index (χ2v) is 9.15. The molecule has 0 aliphatic rings. The number of hydrogen-bond donors (Lipinski definition) is 1. The quantitative estimate of drug-likeness (QED) is 0.834. The molecule has 2 rings (SSSR count). The lowest BCUT2D eigenvalue weighted by molar-refractivity contribution is 0.0782. The number of carbonyl (C=O) groups excluding carboxylic acids is 1. The number of amides is 1. The van der Waals surface area contributed by atoms with Crippen LogP contribution in [0.15, 0.2) is 33.7 Å². The highest BCUT2D eigenvalue weighted by molar-refractivity contribution is 7.89. The third-order valence-corrected chi connectivity index (χ3v) is 5.57. The minimum Gasteiger partial charge on any atom is -0.361 e. The van der Waals surface area contributed by atoms with Crippen molar-refractivity contribution < 1.29 is 17.7 Å². The van der Waals surface area contributed by atoms with Gasteiger partial charge in [0, 0.05) is 24.2 Å². The van der Waals surface area contributed by atoms with Gasteiger partial charge in [0.15, 0.2) is 0 Å². The fourth-order valence-corrected chi connectivity index (χ4v) is 4.27. The fraction of sp³-hybridized carbons (Fsp3) is 0.412. The first-order valence-electron chi connectivity index (χ1n) is 7.90. The van der Waals surface area contributed by atoms with E-state index in [1.807, 2.05) is 0 Å². The van der Waals surface area contributed by atoms with Gasteiger partial charge in [-0.1, -0.05) is 16.8 Å².